The molecule has 1 rings (SSSR count). The Labute approximate surface area is 101 Å². The van der Waals surface area contributed by atoms with E-state index in [1.54, 1.807) is 18.9 Å². The van der Waals surface area contributed by atoms with Crippen LogP contribution in [-0.2, 0) is 4.74 Å². The number of rotatable bonds is 8. The van der Waals surface area contributed by atoms with E-state index < -0.39 is 0 Å². The molecular formula is C12H18FNOS. The molecule has 0 aliphatic heterocycles. The number of nitrogens with one attached hydrogen (secondary N) is 1. The van der Waals surface area contributed by atoms with E-state index in [1.165, 1.54) is 12.1 Å². The Morgan fingerprint density at radius 2 is 2.00 bits per heavy atom. The number of halogens is 1. The van der Waals surface area contributed by atoms with Crippen LogP contribution in [0.3, 0.4) is 0 Å². The summed E-state index contributed by atoms with van der Waals surface area (Å²) >= 11 is 1.75. The van der Waals surface area contributed by atoms with Gasteiger partial charge in [0.1, 0.15) is 5.82 Å². The molecule has 0 fully saturated rings. The van der Waals surface area contributed by atoms with Crippen LogP contribution in [0.4, 0.5) is 4.39 Å². The Balaban J connectivity index is 2.01. The third-order valence-electron chi connectivity index (χ3n) is 2.06. The van der Waals surface area contributed by atoms with Crippen molar-refractivity contribution in [2.45, 2.75) is 11.3 Å². The van der Waals surface area contributed by atoms with Crippen molar-refractivity contribution in [3.8, 4) is 0 Å². The fourth-order valence-electron chi connectivity index (χ4n) is 1.22. The molecule has 4 heteroatoms. The molecule has 0 spiro atoms. The molecule has 1 aromatic rings. The zero-order valence-corrected chi connectivity index (χ0v) is 10.4. The van der Waals surface area contributed by atoms with Gasteiger partial charge in [0, 0.05) is 18.6 Å². The highest BCUT2D eigenvalue weighted by atomic mass is 32.2. The highest BCUT2D eigenvalue weighted by Gasteiger charge is 1.94. The van der Waals surface area contributed by atoms with Crippen molar-refractivity contribution < 1.29 is 9.13 Å². The van der Waals surface area contributed by atoms with E-state index in [-0.39, 0.29) is 5.82 Å². The van der Waals surface area contributed by atoms with Crippen molar-refractivity contribution in [2.24, 2.45) is 0 Å². The van der Waals surface area contributed by atoms with E-state index in [1.807, 2.05) is 12.1 Å². The van der Waals surface area contributed by atoms with Crippen LogP contribution >= 0.6 is 11.8 Å². The minimum atomic E-state index is -0.175. The zero-order valence-electron chi connectivity index (χ0n) is 9.54. The molecule has 0 unspecified atom stereocenters. The first-order chi connectivity index (χ1) is 7.83. The Kier molecular flexibility index (Phi) is 7.21. The van der Waals surface area contributed by atoms with Crippen LogP contribution in [0.15, 0.2) is 29.2 Å². The smallest absolute Gasteiger partial charge is 0.123 e. The molecule has 0 saturated carbocycles. The van der Waals surface area contributed by atoms with Crippen molar-refractivity contribution in [3.63, 3.8) is 0 Å². The summed E-state index contributed by atoms with van der Waals surface area (Å²) in [6.45, 7) is 2.65. The van der Waals surface area contributed by atoms with Gasteiger partial charge in [0.05, 0.1) is 6.61 Å². The van der Waals surface area contributed by atoms with Gasteiger partial charge in [-0.1, -0.05) is 0 Å². The van der Waals surface area contributed by atoms with Crippen LogP contribution in [0, 0.1) is 5.82 Å². The van der Waals surface area contributed by atoms with Crippen LogP contribution in [-0.4, -0.2) is 32.6 Å². The number of hydrogen-bond acceptors (Lipinski definition) is 3. The average molecular weight is 243 g/mol. The van der Waals surface area contributed by atoms with Crippen LogP contribution < -0.4 is 5.32 Å². The first-order valence-electron chi connectivity index (χ1n) is 5.41. The summed E-state index contributed by atoms with van der Waals surface area (Å²) in [6.07, 6.45) is 1.10. The van der Waals surface area contributed by atoms with E-state index in [0.29, 0.717) is 0 Å². The summed E-state index contributed by atoms with van der Waals surface area (Å²) in [6, 6.07) is 6.63. The van der Waals surface area contributed by atoms with Crippen LogP contribution in [0.2, 0.25) is 0 Å². The van der Waals surface area contributed by atoms with Crippen LogP contribution in [0.25, 0.3) is 0 Å². The Hall–Kier alpha value is -0.580. The van der Waals surface area contributed by atoms with Crippen molar-refractivity contribution in [1.82, 2.24) is 5.32 Å². The summed E-state index contributed by atoms with van der Waals surface area (Å²) in [5, 5.41) is 3.28. The Morgan fingerprint density at radius 3 is 2.69 bits per heavy atom. The highest BCUT2D eigenvalue weighted by molar-refractivity contribution is 7.99. The van der Waals surface area contributed by atoms with Gasteiger partial charge in [0.15, 0.2) is 0 Å². The molecule has 0 saturated heterocycles. The molecule has 0 radical (unpaired) electrons. The first kappa shape index (κ1) is 13.5. The first-order valence-corrected chi connectivity index (χ1v) is 6.39. The average Bonchev–Trinajstić information content (AvgIpc) is 2.30. The summed E-state index contributed by atoms with van der Waals surface area (Å²) in [7, 11) is 1.70. The number of methoxy groups -OCH3 is 1. The van der Waals surface area contributed by atoms with E-state index >= 15 is 0 Å². The molecule has 0 aliphatic carbocycles. The van der Waals surface area contributed by atoms with Crippen molar-refractivity contribution in [1.29, 1.82) is 0 Å². The highest BCUT2D eigenvalue weighted by Crippen LogP contribution is 2.18. The third-order valence-corrected chi connectivity index (χ3v) is 3.16. The monoisotopic (exact) mass is 243 g/mol. The standard InChI is InChI=1S/C12H18FNOS/c1-15-9-8-14-7-2-10-16-12-5-3-11(13)4-6-12/h3-6,14H,2,7-10H2,1H3. The molecule has 1 aromatic carbocycles. The minimum absolute atomic E-state index is 0.175. The molecule has 0 amide bonds. The van der Waals surface area contributed by atoms with E-state index in [9.17, 15) is 4.39 Å². The summed E-state index contributed by atoms with van der Waals surface area (Å²) < 4.78 is 17.5. The molecule has 0 aromatic heterocycles. The second-order valence-corrected chi connectivity index (χ2v) is 4.57. The lowest BCUT2D eigenvalue weighted by Gasteiger charge is -2.04. The minimum Gasteiger partial charge on any atom is -0.383 e. The Morgan fingerprint density at radius 1 is 1.25 bits per heavy atom. The van der Waals surface area contributed by atoms with E-state index in [2.05, 4.69) is 5.32 Å². The molecule has 1 N–H and O–H groups in total. The molecule has 0 aliphatic rings. The third kappa shape index (κ3) is 6.10. The topological polar surface area (TPSA) is 21.3 Å². The second kappa shape index (κ2) is 8.56. The van der Waals surface area contributed by atoms with Crippen LogP contribution in [0.5, 0.6) is 0 Å². The molecule has 2 nitrogen and oxygen atoms in total. The van der Waals surface area contributed by atoms with Gasteiger partial charge < -0.3 is 10.1 Å². The quantitative estimate of drug-likeness (QED) is 0.560. The number of ether oxygens (including phenoxy) is 1. The van der Waals surface area contributed by atoms with Crippen molar-refractivity contribution >= 4 is 11.8 Å². The van der Waals surface area contributed by atoms with Crippen molar-refractivity contribution in [3.05, 3.63) is 30.1 Å². The SMILES string of the molecule is COCCNCCCSc1ccc(F)cc1. The van der Waals surface area contributed by atoms with Crippen molar-refractivity contribution in [2.75, 3.05) is 32.6 Å². The van der Waals surface area contributed by atoms with Crippen LogP contribution in [0.1, 0.15) is 6.42 Å². The van der Waals surface area contributed by atoms with Gasteiger partial charge in [-0.3, -0.25) is 0 Å². The lowest BCUT2D eigenvalue weighted by molar-refractivity contribution is 0.199. The number of benzene rings is 1. The van der Waals surface area contributed by atoms with E-state index in [4.69, 9.17) is 4.74 Å². The lowest BCUT2D eigenvalue weighted by atomic mass is 10.4. The van der Waals surface area contributed by atoms with E-state index in [0.717, 1.165) is 36.8 Å². The second-order valence-electron chi connectivity index (χ2n) is 3.40. The fraction of sp³-hybridized carbons (Fsp3) is 0.500. The fourth-order valence-corrected chi connectivity index (χ4v) is 2.07. The maximum absolute atomic E-state index is 12.6. The zero-order chi connectivity index (χ0) is 11.6. The largest absolute Gasteiger partial charge is 0.383 e. The van der Waals surface area contributed by atoms with Gasteiger partial charge in [-0.25, -0.2) is 4.39 Å². The summed E-state index contributed by atoms with van der Waals surface area (Å²) in [4.78, 5) is 1.12. The molecule has 0 bridgehead atoms. The molecule has 16 heavy (non-hydrogen) atoms. The summed E-state index contributed by atoms with van der Waals surface area (Å²) in [5.41, 5.74) is 0. The Bertz CT molecular complexity index is 279. The number of hydrogen-bond donors (Lipinski definition) is 1. The van der Waals surface area contributed by atoms with Gasteiger partial charge in [-0.15, -0.1) is 11.8 Å². The normalized spacial score (nSPS) is 10.6. The maximum Gasteiger partial charge on any atom is 0.123 e. The summed E-state index contributed by atoms with van der Waals surface area (Å²) in [5.74, 6) is 0.872. The van der Waals surface area contributed by atoms with Gasteiger partial charge in [0.25, 0.3) is 0 Å². The van der Waals surface area contributed by atoms with Gasteiger partial charge >= 0.3 is 0 Å². The molecule has 0 heterocycles. The van der Waals surface area contributed by atoms with Gasteiger partial charge in [0.2, 0.25) is 0 Å². The molecule has 0 atom stereocenters. The predicted octanol–water partition coefficient (Wildman–Crippen LogP) is 2.54. The van der Waals surface area contributed by atoms with Gasteiger partial charge in [-0.2, -0.15) is 0 Å². The molecule has 90 valence electrons. The lowest BCUT2D eigenvalue weighted by Crippen LogP contribution is -2.20. The predicted molar refractivity (Wildman–Crippen MR) is 66.5 cm³/mol. The van der Waals surface area contributed by atoms with Gasteiger partial charge in [-0.05, 0) is 43.0 Å². The number of thioether (sulfide) groups is 1. The maximum atomic E-state index is 12.6. The molecular weight excluding hydrogens is 225 g/mol.